The van der Waals surface area contributed by atoms with Crippen LogP contribution in [-0.4, -0.2) is 72.8 Å². The third kappa shape index (κ3) is 16.3. The summed E-state index contributed by atoms with van der Waals surface area (Å²) in [5.74, 6) is 1.47. The molecule has 0 saturated heterocycles. The molecule has 0 aliphatic carbocycles. The number of carboxylic acid groups (broad SMARTS) is 2. The Labute approximate surface area is 382 Å². The number of ketones is 1. The van der Waals surface area contributed by atoms with Gasteiger partial charge in [0.05, 0.1) is 11.0 Å². The Hall–Kier alpha value is -7.47. The van der Waals surface area contributed by atoms with E-state index in [1.54, 1.807) is 39.0 Å². The number of hydrogen-bond donors (Lipinski definition) is 5. The van der Waals surface area contributed by atoms with Crippen LogP contribution in [0.25, 0.3) is 21.8 Å². The number of nitrogens with one attached hydrogen (secondary N) is 2. The van der Waals surface area contributed by atoms with E-state index in [1.165, 1.54) is 30.4 Å². The van der Waals surface area contributed by atoms with E-state index < -0.39 is 30.6 Å². The van der Waals surface area contributed by atoms with E-state index >= 15 is 0 Å². The number of carbonyl (C=O) groups excluding carboxylic acids is 1. The molecule has 0 radical (unpaired) electrons. The Kier molecular flexibility index (Phi) is 21.9. The average molecular weight is 893 g/mol. The number of ether oxygens (including phenoxy) is 3. The minimum absolute atomic E-state index is 0. The van der Waals surface area contributed by atoms with E-state index in [1.807, 2.05) is 58.0 Å². The van der Waals surface area contributed by atoms with Crippen molar-refractivity contribution >= 4 is 62.5 Å². The summed E-state index contributed by atoms with van der Waals surface area (Å²) in [6.45, 7) is 18.5. The Morgan fingerprint density at radius 1 is 0.631 bits per heavy atom. The molecule has 6 rings (SSSR count). The summed E-state index contributed by atoms with van der Waals surface area (Å²) >= 11 is 0. The van der Waals surface area contributed by atoms with Crippen LogP contribution in [0.4, 0.5) is 23.0 Å². The molecule has 348 valence electrons. The van der Waals surface area contributed by atoms with Gasteiger partial charge in [-0.1, -0.05) is 108 Å². The number of carboxylic acids is 2. The Morgan fingerprint density at radius 2 is 1.09 bits per heavy atom. The summed E-state index contributed by atoms with van der Waals surface area (Å²) in [6, 6.07) is 21.4. The zero-order valence-electron chi connectivity index (χ0n) is 37.4. The van der Waals surface area contributed by atoms with Gasteiger partial charge in [0.2, 0.25) is 0 Å². The molecule has 6 aromatic rings. The van der Waals surface area contributed by atoms with Gasteiger partial charge < -0.3 is 40.2 Å². The van der Waals surface area contributed by atoms with Gasteiger partial charge in [-0.3, -0.25) is 4.79 Å². The number of phenolic OH excluding ortho intramolecular Hbond substituents is 1. The summed E-state index contributed by atoms with van der Waals surface area (Å²) in [5.41, 5.74) is 3.94. The number of carbonyl (C=O) groups is 3. The molecule has 4 aromatic carbocycles. The SMILES string of the molecule is C.C.C#Cc1cccc(Nc2ncnc3cc(OCC(=O)C(C)(C)C)c(OCC(=O)O)cc23)c1.CC.CC.CC(C)(C)c1cccc(Nc2ncnc3cc(O)c(OCC(=O)O)cc23)c1. The molecule has 0 spiro atoms. The molecule has 0 unspecified atom stereocenters. The monoisotopic (exact) mass is 892 g/mol. The molecule has 15 nitrogen and oxygen atoms in total. The molecule has 5 N–H and O–H groups in total. The molecule has 0 saturated carbocycles. The van der Waals surface area contributed by atoms with Crippen molar-refractivity contribution in [3.8, 4) is 35.3 Å². The molecule has 0 bridgehead atoms. The second-order valence-electron chi connectivity index (χ2n) is 15.2. The molecule has 2 heterocycles. The van der Waals surface area contributed by atoms with Crippen LogP contribution < -0.4 is 24.8 Å². The number of terminal acetylenes is 1. The van der Waals surface area contributed by atoms with E-state index in [0.29, 0.717) is 39.0 Å². The number of nitrogens with zero attached hydrogens (tertiary/aromatic N) is 4. The Morgan fingerprint density at radius 3 is 1.60 bits per heavy atom. The summed E-state index contributed by atoms with van der Waals surface area (Å²) in [4.78, 5) is 51.0. The zero-order valence-corrected chi connectivity index (χ0v) is 37.4. The number of aliphatic carboxylic acids is 2. The van der Waals surface area contributed by atoms with Crippen molar-refractivity contribution in [3.05, 3.63) is 96.6 Å². The van der Waals surface area contributed by atoms with Crippen molar-refractivity contribution in [3.63, 3.8) is 0 Å². The number of rotatable bonds is 13. The highest BCUT2D eigenvalue weighted by molar-refractivity contribution is 5.94. The maximum Gasteiger partial charge on any atom is 0.341 e. The topological polar surface area (TPSA) is 215 Å². The maximum atomic E-state index is 12.3. The van der Waals surface area contributed by atoms with Crippen LogP contribution in [0.2, 0.25) is 0 Å². The highest BCUT2D eigenvalue weighted by Gasteiger charge is 2.23. The van der Waals surface area contributed by atoms with Crippen LogP contribution in [0.15, 0.2) is 85.5 Å². The zero-order chi connectivity index (χ0) is 46.9. The van der Waals surface area contributed by atoms with Crippen LogP contribution in [-0.2, 0) is 19.8 Å². The van der Waals surface area contributed by atoms with E-state index in [9.17, 15) is 19.5 Å². The van der Waals surface area contributed by atoms with Gasteiger partial charge in [-0.25, -0.2) is 29.5 Å². The highest BCUT2D eigenvalue weighted by atomic mass is 16.5. The Balaban J connectivity index is 0.000000593. The van der Waals surface area contributed by atoms with E-state index in [-0.39, 0.29) is 55.7 Å². The van der Waals surface area contributed by atoms with Crippen molar-refractivity contribution in [1.82, 2.24) is 19.9 Å². The van der Waals surface area contributed by atoms with Gasteiger partial charge in [-0.2, -0.15) is 0 Å². The lowest BCUT2D eigenvalue weighted by Gasteiger charge is -2.20. The summed E-state index contributed by atoms with van der Waals surface area (Å²) in [5, 5.41) is 35.5. The molecule has 15 heteroatoms. The first-order chi connectivity index (χ1) is 29.9. The number of fused-ring (bicyclic) bond motifs is 2. The lowest BCUT2D eigenvalue weighted by atomic mass is 9.87. The lowest BCUT2D eigenvalue weighted by Crippen LogP contribution is -2.26. The van der Waals surface area contributed by atoms with Crippen LogP contribution in [0, 0.1) is 17.8 Å². The highest BCUT2D eigenvalue weighted by Crippen LogP contribution is 2.37. The molecule has 0 amide bonds. The van der Waals surface area contributed by atoms with Crippen LogP contribution in [0.1, 0.15) is 95.2 Å². The van der Waals surface area contributed by atoms with Crippen LogP contribution >= 0.6 is 0 Å². The molecule has 0 aliphatic rings. The minimum atomic E-state index is -1.14. The van der Waals surface area contributed by atoms with Crippen molar-refractivity contribution in [2.24, 2.45) is 5.41 Å². The molecule has 2 aromatic heterocycles. The molecule has 65 heavy (non-hydrogen) atoms. The molecule has 0 atom stereocenters. The van der Waals surface area contributed by atoms with Gasteiger partial charge in [0.15, 0.2) is 42.0 Å². The first-order valence-corrected chi connectivity index (χ1v) is 20.2. The predicted octanol–water partition coefficient (Wildman–Crippen LogP) is 11.0. The number of benzene rings is 4. The van der Waals surface area contributed by atoms with Crippen molar-refractivity contribution in [2.45, 2.75) is 89.5 Å². The second-order valence-corrected chi connectivity index (χ2v) is 15.2. The van der Waals surface area contributed by atoms with Gasteiger partial charge in [0, 0.05) is 45.3 Å². The number of aromatic nitrogens is 4. The normalized spacial score (nSPS) is 10.3. The second kappa shape index (κ2) is 25.6. The molecule has 0 aliphatic heterocycles. The Bertz CT molecular complexity index is 2560. The van der Waals surface area contributed by atoms with Crippen LogP contribution in [0.5, 0.6) is 23.0 Å². The fourth-order valence-corrected chi connectivity index (χ4v) is 5.34. The van der Waals surface area contributed by atoms with Gasteiger partial charge >= 0.3 is 11.9 Å². The fraction of sp³-hybridized carbons (Fsp3) is 0.340. The number of Topliss-reactive ketones (excluding diaryl/α,β-unsaturated/α-hetero) is 1. The van der Waals surface area contributed by atoms with Gasteiger partial charge in [-0.05, 0) is 53.4 Å². The molecular formula is C50H64N6O9. The van der Waals surface area contributed by atoms with Crippen molar-refractivity contribution in [1.29, 1.82) is 0 Å². The average Bonchev–Trinajstić information content (AvgIpc) is 3.25. The fourth-order valence-electron chi connectivity index (χ4n) is 5.34. The van der Waals surface area contributed by atoms with E-state index in [2.05, 4.69) is 69.4 Å². The molecule has 0 fully saturated rings. The van der Waals surface area contributed by atoms with Gasteiger partial charge in [-0.15, -0.1) is 6.42 Å². The number of aromatic hydroxyl groups is 1. The number of anilines is 4. The smallest absolute Gasteiger partial charge is 0.341 e. The lowest BCUT2D eigenvalue weighted by molar-refractivity contribution is -0.140. The number of hydrogen-bond acceptors (Lipinski definition) is 13. The van der Waals surface area contributed by atoms with Crippen molar-refractivity contribution in [2.75, 3.05) is 30.5 Å². The first-order valence-electron chi connectivity index (χ1n) is 20.2. The van der Waals surface area contributed by atoms with Gasteiger partial charge in [0.25, 0.3) is 0 Å². The summed E-state index contributed by atoms with van der Waals surface area (Å²) in [6.07, 6.45) is 8.25. The van der Waals surface area contributed by atoms with Crippen molar-refractivity contribution < 1.29 is 43.9 Å². The summed E-state index contributed by atoms with van der Waals surface area (Å²) in [7, 11) is 0. The standard InChI is InChI=1S/C24H23N3O5.C20H21N3O4.2C2H6.2CH4/c1-5-15-7-6-8-16(9-15)27-23-17-10-19(32-13-22(29)30)20(11-18(17)25-14-26-23)31-12-21(28)24(2,3)4;1-20(2,3)12-5-4-6-13(7-12)23-19-14-8-17(27-10-18(25)26)16(24)9-15(14)21-11-22-19;2*1-2;;/h1,6-11,14H,12-13H2,2-4H3,(H,29,30)(H,25,26,27);4-9,11,24H,10H2,1-3H3,(H,25,26)(H,21,22,23);2*1-2H3;2*1H4. The van der Waals surface area contributed by atoms with Gasteiger partial charge in [0.1, 0.15) is 30.9 Å². The van der Waals surface area contributed by atoms with E-state index in [4.69, 9.17) is 30.8 Å². The molecular weight excluding hydrogens is 829 g/mol. The number of phenols is 1. The largest absolute Gasteiger partial charge is 0.504 e. The summed E-state index contributed by atoms with van der Waals surface area (Å²) < 4.78 is 16.2. The first kappa shape index (κ1) is 55.5. The quantitative estimate of drug-likeness (QED) is 0.0682. The predicted molar refractivity (Wildman–Crippen MR) is 259 cm³/mol. The minimum Gasteiger partial charge on any atom is -0.504 e. The van der Waals surface area contributed by atoms with Crippen LogP contribution in [0.3, 0.4) is 0 Å². The third-order valence-corrected chi connectivity index (χ3v) is 8.60. The maximum absolute atomic E-state index is 12.3. The van der Waals surface area contributed by atoms with E-state index in [0.717, 1.165) is 11.4 Å². The third-order valence-electron chi connectivity index (χ3n) is 8.60.